The molecular formula is C31H37F2N5O6S. The van der Waals surface area contributed by atoms with Crippen molar-refractivity contribution in [3.05, 3.63) is 76.2 Å². The number of benzene rings is 2. The number of nitrogens with zero attached hydrogens (tertiary/aromatic N) is 4. The number of carbonyl (C=O) groups excluding carboxylic acids is 1. The average molecular weight is 646 g/mol. The minimum Gasteiger partial charge on any atom is -0.486 e. The number of halogens is 2. The van der Waals surface area contributed by atoms with Gasteiger partial charge in [-0.1, -0.05) is 32.9 Å². The summed E-state index contributed by atoms with van der Waals surface area (Å²) in [6, 6.07) is 9.35. The number of hydrogen-bond acceptors (Lipinski definition) is 9. The summed E-state index contributed by atoms with van der Waals surface area (Å²) in [6.07, 6.45) is 1.65. The predicted molar refractivity (Wildman–Crippen MR) is 165 cm³/mol. The quantitative estimate of drug-likeness (QED) is 0.246. The maximum absolute atomic E-state index is 14.0. The molecule has 2 heterocycles. The normalized spacial score (nSPS) is 19.7. The van der Waals surface area contributed by atoms with Crippen LogP contribution in [0.2, 0.25) is 0 Å². The molecule has 11 nitrogen and oxygen atoms in total. The number of hydrogen-bond donors (Lipinski definition) is 1. The molecule has 0 amide bonds. The molecule has 1 aliphatic carbocycles. The Morgan fingerprint density at radius 1 is 1.02 bits per heavy atom. The van der Waals surface area contributed by atoms with Crippen molar-refractivity contribution in [1.82, 2.24) is 14.1 Å². The van der Waals surface area contributed by atoms with Crippen LogP contribution in [0.15, 0.2) is 53.5 Å². The monoisotopic (exact) mass is 645 g/mol. The van der Waals surface area contributed by atoms with Gasteiger partial charge in [0.25, 0.3) is 0 Å². The third-order valence-electron chi connectivity index (χ3n) is 8.72. The first-order valence-electron chi connectivity index (χ1n) is 14.7. The summed E-state index contributed by atoms with van der Waals surface area (Å²) in [6.45, 7) is 6.95. The molecule has 2 aliphatic rings. The molecule has 242 valence electrons. The van der Waals surface area contributed by atoms with Gasteiger partial charge in [0.05, 0.1) is 30.9 Å². The highest BCUT2D eigenvalue weighted by atomic mass is 32.2. The van der Waals surface area contributed by atoms with E-state index in [2.05, 4.69) is 5.10 Å². The first-order valence-corrected chi connectivity index (χ1v) is 16.4. The highest BCUT2D eigenvalue weighted by molar-refractivity contribution is 7.88. The SMILES string of the molecule is CCC(=O)OC[C@@H]1[C@@H](COc2c(N3CCN(S(=O)(=O)Cc4ccc(N)cc4)CC3)cnn(-c3cc(F)cc(F)c3)c2=O)C1(C)C. The van der Waals surface area contributed by atoms with E-state index in [-0.39, 0.29) is 86.2 Å². The van der Waals surface area contributed by atoms with Gasteiger partial charge in [-0.2, -0.15) is 14.1 Å². The molecule has 1 aromatic heterocycles. The van der Waals surface area contributed by atoms with Gasteiger partial charge in [0.1, 0.15) is 17.3 Å². The fourth-order valence-corrected chi connectivity index (χ4v) is 7.25. The van der Waals surface area contributed by atoms with E-state index in [4.69, 9.17) is 15.2 Å². The molecule has 2 N–H and O–H groups in total. The smallest absolute Gasteiger partial charge is 0.316 e. The van der Waals surface area contributed by atoms with Gasteiger partial charge < -0.3 is 20.1 Å². The summed E-state index contributed by atoms with van der Waals surface area (Å²) in [7, 11) is -3.62. The Morgan fingerprint density at radius 3 is 2.27 bits per heavy atom. The van der Waals surface area contributed by atoms with Gasteiger partial charge in [-0.05, 0) is 35.2 Å². The van der Waals surface area contributed by atoms with Crippen LogP contribution in [0.5, 0.6) is 5.75 Å². The molecule has 0 unspecified atom stereocenters. The maximum atomic E-state index is 14.0. The molecular weight excluding hydrogens is 608 g/mol. The summed E-state index contributed by atoms with van der Waals surface area (Å²) in [5, 5.41) is 4.19. The summed E-state index contributed by atoms with van der Waals surface area (Å²) in [5.74, 6) is -2.29. The molecule has 14 heteroatoms. The van der Waals surface area contributed by atoms with Crippen LogP contribution in [0.3, 0.4) is 0 Å². The van der Waals surface area contributed by atoms with Gasteiger partial charge in [-0.15, -0.1) is 0 Å². The number of nitrogens with two attached hydrogens (primary N) is 1. The summed E-state index contributed by atoms with van der Waals surface area (Å²) in [4.78, 5) is 27.3. The Morgan fingerprint density at radius 2 is 1.64 bits per heavy atom. The van der Waals surface area contributed by atoms with Gasteiger partial charge in [0.15, 0.2) is 0 Å². The van der Waals surface area contributed by atoms with Crippen molar-refractivity contribution in [2.45, 2.75) is 32.9 Å². The van der Waals surface area contributed by atoms with Crippen LogP contribution in [-0.4, -0.2) is 67.9 Å². The van der Waals surface area contributed by atoms with Crippen LogP contribution in [0, 0.1) is 28.9 Å². The number of esters is 1. The predicted octanol–water partition coefficient (Wildman–Crippen LogP) is 3.35. The van der Waals surface area contributed by atoms with E-state index >= 15 is 0 Å². The van der Waals surface area contributed by atoms with E-state index in [1.54, 1.807) is 31.2 Å². The molecule has 2 fully saturated rings. The number of anilines is 2. The lowest BCUT2D eigenvalue weighted by molar-refractivity contribution is -0.144. The summed E-state index contributed by atoms with van der Waals surface area (Å²) in [5.41, 5.74) is 6.19. The second-order valence-electron chi connectivity index (χ2n) is 12.0. The molecule has 2 aromatic carbocycles. The Balaban J connectivity index is 1.37. The topological polar surface area (TPSA) is 137 Å². The van der Waals surface area contributed by atoms with Gasteiger partial charge in [0.2, 0.25) is 15.8 Å². The summed E-state index contributed by atoms with van der Waals surface area (Å²) < 4.78 is 68.1. The van der Waals surface area contributed by atoms with Crippen LogP contribution >= 0.6 is 0 Å². The second kappa shape index (κ2) is 12.8. The Bertz CT molecular complexity index is 1700. The number of rotatable bonds is 11. The fourth-order valence-electron chi connectivity index (χ4n) is 5.74. The number of carbonyl (C=O) groups is 1. The first-order chi connectivity index (χ1) is 21.3. The molecule has 2 atom stereocenters. The highest BCUT2D eigenvalue weighted by Crippen LogP contribution is 2.58. The molecule has 1 saturated heterocycles. The molecule has 0 bridgehead atoms. The highest BCUT2D eigenvalue weighted by Gasteiger charge is 2.58. The molecule has 5 rings (SSSR count). The largest absolute Gasteiger partial charge is 0.486 e. The lowest BCUT2D eigenvalue weighted by Gasteiger charge is -2.35. The van der Waals surface area contributed by atoms with Crippen LogP contribution < -0.4 is 20.9 Å². The van der Waals surface area contributed by atoms with Crippen molar-refractivity contribution in [3.8, 4) is 11.4 Å². The lowest BCUT2D eigenvalue weighted by Crippen LogP contribution is -2.49. The van der Waals surface area contributed by atoms with Crippen molar-refractivity contribution in [2.75, 3.05) is 50.0 Å². The Hall–Kier alpha value is -4.04. The van der Waals surface area contributed by atoms with Gasteiger partial charge >= 0.3 is 11.5 Å². The van der Waals surface area contributed by atoms with E-state index in [0.29, 0.717) is 23.0 Å². The van der Waals surface area contributed by atoms with E-state index in [9.17, 15) is 26.8 Å². The van der Waals surface area contributed by atoms with E-state index in [1.165, 1.54) is 10.5 Å². The minimum absolute atomic E-state index is 0.0210. The number of piperazine rings is 1. The van der Waals surface area contributed by atoms with Crippen molar-refractivity contribution >= 4 is 27.4 Å². The molecule has 1 saturated carbocycles. The van der Waals surface area contributed by atoms with Crippen LogP contribution in [-0.2, 0) is 25.3 Å². The molecule has 1 aliphatic heterocycles. The van der Waals surface area contributed by atoms with Gasteiger partial charge in [0, 0.05) is 56.2 Å². The lowest BCUT2D eigenvalue weighted by atomic mass is 10.1. The Labute approximate surface area is 260 Å². The molecule has 0 radical (unpaired) electrons. The van der Waals surface area contributed by atoms with Crippen molar-refractivity contribution in [1.29, 1.82) is 0 Å². The third-order valence-corrected chi connectivity index (χ3v) is 10.6. The maximum Gasteiger partial charge on any atom is 0.316 e. The summed E-state index contributed by atoms with van der Waals surface area (Å²) >= 11 is 0. The minimum atomic E-state index is -3.62. The number of aromatic nitrogens is 2. The molecule has 45 heavy (non-hydrogen) atoms. The van der Waals surface area contributed by atoms with E-state index < -0.39 is 27.2 Å². The van der Waals surface area contributed by atoms with Crippen molar-refractivity contribution < 1.29 is 31.5 Å². The van der Waals surface area contributed by atoms with Crippen LogP contribution in [0.4, 0.5) is 20.2 Å². The van der Waals surface area contributed by atoms with Gasteiger partial charge in [-0.3, -0.25) is 9.59 Å². The zero-order valence-electron chi connectivity index (χ0n) is 25.4. The molecule has 3 aromatic rings. The van der Waals surface area contributed by atoms with E-state index in [1.807, 2.05) is 18.7 Å². The zero-order valence-corrected chi connectivity index (χ0v) is 26.2. The number of ether oxygens (including phenoxy) is 2. The van der Waals surface area contributed by atoms with Crippen LogP contribution in [0.25, 0.3) is 5.69 Å². The molecule has 0 spiro atoms. The third kappa shape index (κ3) is 7.12. The second-order valence-corrected chi connectivity index (χ2v) is 13.9. The van der Waals surface area contributed by atoms with Crippen molar-refractivity contribution in [3.63, 3.8) is 0 Å². The first kappa shape index (κ1) is 32.4. The number of nitrogen functional groups attached to an aromatic ring is 1. The zero-order chi connectivity index (χ0) is 32.5. The fraction of sp³-hybridized carbons (Fsp3) is 0.452. The van der Waals surface area contributed by atoms with Gasteiger partial charge in [-0.25, -0.2) is 17.2 Å². The van der Waals surface area contributed by atoms with E-state index in [0.717, 1.165) is 16.8 Å². The van der Waals surface area contributed by atoms with Crippen LogP contribution in [0.1, 0.15) is 32.8 Å². The Kier molecular flexibility index (Phi) is 9.17. The van der Waals surface area contributed by atoms with Crippen molar-refractivity contribution in [2.24, 2.45) is 17.3 Å². The number of sulfonamides is 1. The average Bonchev–Trinajstić information content (AvgIpc) is 3.53. The standard InChI is InChI=1S/C31H37F2N5O6S/c1-4-28(39)43-17-25-26(31(25,2)3)18-44-29-27(16-35-38(30(29)40)24-14-21(32)13-22(33)15-24)36-9-11-37(12-10-36)45(41,42)19-20-5-7-23(34)8-6-20/h5-8,13-16,25-26H,4,9-12,17-19,34H2,1-3H3/t25-,26-/m1/s1.